The summed E-state index contributed by atoms with van der Waals surface area (Å²) in [6.07, 6.45) is 2.45. The molecule has 0 aliphatic carbocycles. The van der Waals surface area contributed by atoms with Crippen LogP contribution in [0.3, 0.4) is 0 Å². The number of hydrogen-bond donors (Lipinski definition) is 1. The molecule has 0 bridgehead atoms. The molecule has 3 rings (SSSR count). The summed E-state index contributed by atoms with van der Waals surface area (Å²) >= 11 is 6.17. The van der Waals surface area contributed by atoms with Crippen molar-refractivity contribution in [1.82, 2.24) is 5.32 Å². The van der Waals surface area contributed by atoms with Crippen LogP contribution >= 0.6 is 11.6 Å². The molecule has 0 amide bonds. The van der Waals surface area contributed by atoms with E-state index in [1.54, 1.807) is 0 Å². The van der Waals surface area contributed by atoms with E-state index in [4.69, 9.17) is 25.8 Å². The van der Waals surface area contributed by atoms with E-state index < -0.39 is 0 Å². The third kappa shape index (κ3) is 2.96. The van der Waals surface area contributed by atoms with Crippen LogP contribution in [0.1, 0.15) is 25.3 Å². The molecule has 1 fully saturated rings. The standard InChI is InChI=1S/C14H18ClNO3/c1-9-4-11(2-3-17-9)16-7-10-5-12(15)14-13(6-10)18-8-19-14/h5-6,9,11,16H,2-4,7-8H2,1H3. The van der Waals surface area contributed by atoms with E-state index in [1.807, 2.05) is 12.1 Å². The number of hydrogen-bond acceptors (Lipinski definition) is 4. The molecule has 1 aromatic rings. The van der Waals surface area contributed by atoms with Crippen LogP contribution in [0.15, 0.2) is 12.1 Å². The number of nitrogens with one attached hydrogen (secondary N) is 1. The van der Waals surface area contributed by atoms with Gasteiger partial charge < -0.3 is 19.5 Å². The van der Waals surface area contributed by atoms with Crippen LogP contribution in [0.25, 0.3) is 0 Å². The van der Waals surface area contributed by atoms with Crippen LogP contribution in [-0.4, -0.2) is 25.5 Å². The predicted octanol–water partition coefficient (Wildman–Crippen LogP) is 2.73. The molecule has 4 nitrogen and oxygen atoms in total. The van der Waals surface area contributed by atoms with Crippen LogP contribution in [0, 0.1) is 0 Å². The van der Waals surface area contributed by atoms with Gasteiger partial charge in [-0.1, -0.05) is 11.6 Å². The van der Waals surface area contributed by atoms with Crippen LogP contribution < -0.4 is 14.8 Å². The molecule has 1 saturated heterocycles. The van der Waals surface area contributed by atoms with Crippen molar-refractivity contribution in [2.45, 2.75) is 38.5 Å². The van der Waals surface area contributed by atoms with Gasteiger partial charge in [0, 0.05) is 19.2 Å². The Kier molecular flexibility index (Phi) is 3.82. The fourth-order valence-corrected chi connectivity index (χ4v) is 2.86. The highest BCUT2D eigenvalue weighted by Crippen LogP contribution is 2.39. The van der Waals surface area contributed by atoms with Gasteiger partial charge in [-0.2, -0.15) is 0 Å². The Hall–Kier alpha value is -0.970. The van der Waals surface area contributed by atoms with Gasteiger partial charge in [-0.25, -0.2) is 0 Å². The first-order valence-electron chi connectivity index (χ1n) is 6.65. The number of halogens is 1. The van der Waals surface area contributed by atoms with E-state index in [9.17, 15) is 0 Å². The summed E-state index contributed by atoms with van der Waals surface area (Å²) in [5.41, 5.74) is 1.12. The van der Waals surface area contributed by atoms with Crippen LogP contribution in [0.5, 0.6) is 11.5 Å². The molecule has 2 aliphatic rings. The van der Waals surface area contributed by atoms with Crippen molar-refractivity contribution in [2.75, 3.05) is 13.4 Å². The highest BCUT2D eigenvalue weighted by Gasteiger charge is 2.20. The minimum atomic E-state index is 0.253. The minimum Gasteiger partial charge on any atom is -0.454 e. The minimum absolute atomic E-state index is 0.253. The molecule has 2 atom stereocenters. The van der Waals surface area contributed by atoms with Gasteiger partial charge in [0.25, 0.3) is 0 Å². The molecule has 2 heterocycles. The van der Waals surface area contributed by atoms with Crippen molar-refractivity contribution < 1.29 is 14.2 Å². The lowest BCUT2D eigenvalue weighted by molar-refractivity contribution is 0.0130. The fourth-order valence-electron chi connectivity index (χ4n) is 2.57. The van der Waals surface area contributed by atoms with Crippen molar-refractivity contribution in [3.05, 3.63) is 22.7 Å². The monoisotopic (exact) mass is 283 g/mol. The van der Waals surface area contributed by atoms with Crippen LogP contribution in [-0.2, 0) is 11.3 Å². The first-order valence-corrected chi connectivity index (χ1v) is 7.03. The molecular weight excluding hydrogens is 266 g/mol. The van der Waals surface area contributed by atoms with Crippen molar-refractivity contribution in [2.24, 2.45) is 0 Å². The van der Waals surface area contributed by atoms with Crippen LogP contribution in [0.4, 0.5) is 0 Å². The van der Waals surface area contributed by atoms with Crippen LogP contribution in [0.2, 0.25) is 5.02 Å². The molecule has 2 aliphatic heterocycles. The molecule has 1 aromatic carbocycles. The topological polar surface area (TPSA) is 39.7 Å². The SMILES string of the molecule is CC1CC(NCc2cc(Cl)c3c(c2)OCO3)CCO1. The van der Waals surface area contributed by atoms with E-state index >= 15 is 0 Å². The molecule has 1 N–H and O–H groups in total. The summed E-state index contributed by atoms with van der Waals surface area (Å²) in [5.74, 6) is 1.40. The highest BCUT2D eigenvalue weighted by molar-refractivity contribution is 6.32. The molecular formula is C14H18ClNO3. The summed E-state index contributed by atoms with van der Waals surface area (Å²) in [5, 5.41) is 4.17. The number of ether oxygens (including phenoxy) is 3. The second kappa shape index (κ2) is 5.57. The second-order valence-electron chi connectivity index (χ2n) is 5.10. The number of benzene rings is 1. The smallest absolute Gasteiger partial charge is 0.231 e. The second-order valence-corrected chi connectivity index (χ2v) is 5.50. The molecule has 2 unspecified atom stereocenters. The Morgan fingerprint density at radius 2 is 2.26 bits per heavy atom. The Labute approximate surface area is 118 Å². The Morgan fingerprint density at radius 1 is 1.37 bits per heavy atom. The van der Waals surface area contributed by atoms with Crippen molar-refractivity contribution in [1.29, 1.82) is 0 Å². The van der Waals surface area contributed by atoms with E-state index in [0.29, 0.717) is 22.9 Å². The zero-order valence-electron chi connectivity index (χ0n) is 10.9. The van der Waals surface area contributed by atoms with E-state index in [0.717, 1.165) is 37.3 Å². The Bertz CT molecular complexity index is 466. The summed E-state index contributed by atoms with van der Waals surface area (Å²) in [7, 11) is 0. The third-order valence-corrected chi connectivity index (χ3v) is 3.85. The lowest BCUT2D eigenvalue weighted by Crippen LogP contribution is -2.37. The maximum absolute atomic E-state index is 6.17. The number of rotatable bonds is 3. The molecule has 104 valence electrons. The highest BCUT2D eigenvalue weighted by atomic mass is 35.5. The predicted molar refractivity (Wildman–Crippen MR) is 72.9 cm³/mol. The van der Waals surface area contributed by atoms with Crippen molar-refractivity contribution in [3.63, 3.8) is 0 Å². The normalized spacial score (nSPS) is 25.6. The molecule has 0 saturated carbocycles. The van der Waals surface area contributed by atoms with Gasteiger partial charge >= 0.3 is 0 Å². The zero-order valence-corrected chi connectivity index (χ0v) is 11.7. The van der Waals surface area contributed by atoms with E-state index in [-0.39, 0.29) is 6.79 Å². The zero-order chi connectivity index (χ0) is 13.2. The lowest BCUT2D eigenvalue weighted by Gasteiger charge is -2.28. The van der Waals surface area contributed by atoms with Gasteiger partial charge in [0.2, 0.25) is 6.79 Å². The van der Waals surface area contributed by atoms with E-state index in [2.05, 4.69) is 12.2 Å². The average molecular weight is 284 g/mol. The number of fused-ring (bicyclic) bond motifs is 1. The molecule has 0 aromatic heterocycles. The Balaban J connectivity index is 1.62. The Morgan fingerprint density at radius 3 is 3.11 bits per heavy atom. The summed E-state index contributed by atoms with van der Waals surface area (Å²) in [4.78, 5) is 0. The molecule has 0 spiro atoms. The van der Waals surface area contributed by atoms with Gasteiger partial charge in [-0.05, 0) is 37.5 Å². The first kappa shape index (κ1) is 13.0. The summed E-state index contributed by atoms with van der Waals surface area (Å²) < 4.78 is 16.2. The lowest BCUT2D eigenvalue weighted by atomic mass is 10.0. The first-order chi connectivity index (χ1) is 9.22. The maximum atomic E-state index is 6.17. The molecule has 5 heteroatoms. The van der Waals surface area contributed by atoms with Gasteiger partial charge in [0.1, 0.15) is 0 Å². The fraction of sp³-hybridized carbons (Fsp3) is 0.571. The third-order valence-electron chi connectivity index (χ3n) is 3.57. The van der Waals surface area contributed by atoms with Gasteiger partial charge in [0.05, 0.1) is 11.1 Å². The van der Waals surface area contributed by atoms with Gasteiger partial charge in [-0.3, -0.25) is 0 Å². The van der Waals surface area contributed by atoms with Gasteiger partial charge in [-0.15, -0.1) is 0 Å². The summed E-state index contributed by atoms with van der Waals surface area (Å²) in [6, 6.07) is 4.43. The van der Waals surface area contributed by atoms with Gasteiger partial charge in [0.15, 0.2) is 11.5 Å². The average Bonchev–Trinajstić information content (AvgIpc) is 2.85. The molecule has 0 radical (unpaired) electrons. The largest absolute Gasteiger partial charge is 0.454 e. The van der Waals surface area contributed by atoms with Crippen molar-refractivity contribution in [3.8, 4) is 11.5 Å². The van der Waals surface area contributed by atoms with Crippen molar-refractivity contribution >= 4 is 11.6 Å². The quantitative estimate of drug-likeness (QED) is 0.926. The van der Waals surface area contributed by atoms with E-state index in [1.165, 1.54) is 0 Å². The molecule has 19 heavy (non-hydrogen) atoms. The maximum Gasteiger partial charge on any atom is 0.231 e. The summed E-state index contributed by atoms with van der Waals surface area (Å²) in [6.45, 7) is 3.99.